The first-order chi connectivity index (χ1) is 21.0. The molecule has 4 rings (SSSR count). The molecular formula is C32H34F3N5O4. The number of amides is 1. The number of aromatic nitrogens is 2. The second-order valence-corrected chi connectivity index (χ2v) is 9.64. The lowest BCUT2D eigenvalue weighted by molar-refractivity contribution is -0.192. The molecule has 3 aromatic carbocycles. The van der Waals surface area contributed by atoms with Crippen molar-refractivity contribution in [2.24, 2.45) is 0 Å². The number of hydrogen-bond acceptors (Lipinski definition) is 7. The van der Waals surface area contributed by atoms with Crippen molar-refractivity contribution in [1.82, 2.24) is 15.3 Å². The number of aryl methyl sites for hydroxylation is 2. The van der Waals surface area contributed by atoms with Crippen LogP contribution in [0, 0.1) is 13.8 Å². The topological polar surface area (TPSA) is 125 Å². The lowest BCUT2D eigenvalue weighted by Gasteiger charge is -2.20. The molecular weight excluding hydrogens is 575 g/mol. The standard InChI is InChI=1S/C30H33N5O2.C2HF3O2/c1-22-11-9-10-14-25(22)21-32-30-33-23(2)19-28(35-30)34-27(20-24-12-5-3-6-13-24)29(36)31-17-18-37-26-15-7-4-8-16-26;3-2(4,5)1(6)7/h3-16,19,27H,17-18,20-21H2,1-2H3,(H,31,36)(H2,32,33,34,35);(H,6,7)/t27-;/m0./s1. The smallest absolute Gasteiger partial charge is 0.490 e. The third kappa shape index (κ3) is 11.6. The van der Waals surface area contributed by atoms with Crippen LogP contribution in [0.25, 0.3) is 0 Å². The molecule has 4 aromatic rings. The van der Waals surface area contributed by atoms with E-state index >= 15 is 0 Å². The monoisotopic (exact) mass is 609 g/mol. The lowest BCUT2D eigenvalue weighted by atomic mass is 10.1. The summed E-state index contributed by atoms with van der Waals surface area (Å²) in [7, 11) is 0. The van der Waals surface area contributed by atoms with Gasteiger partial charge >= 0.3 is 12.1 Å². The summed E-state index contributed by atoms with van der Waals surface area (Å²) in [6, 6.07) is 29.0. The van der Waals surface area contributed by atoms with Crippen LogP contribution in [0.5, 0.6) is 5.75 Å². The summed E-state index contributed by atoms with van der Waals surface area (Å²) in [5.74, 6) is -0.992. The van der Waals surface area contributed by atoms with Crippen LogP contribution in [0.15, 0.2) is 91.0 Å². The summed E-state index contributed by atoms with van der Waals surface area (Å²) in [6.07, 6.45) is -4.57. The van der Waals surface area contributed by atoms with Crippen molar-refractivity contribution in [1.29, 1.82) is 0 Å². The fraction of sp³-hybridized carbons (Fsp3) is 0.250. The van der Waals surface area contributed by atoms with E-state index in [0.717, 1.165) is 17.0 Å². The maximum atomic E-state index is 13.2. The largest absolute Gasteiger partial charge is 0.492 e. The van der Waals surface area contributed by atoms with Crippen LogP contribution >= 0.6 is 0 Å². The van der Waals surface area contributed by atoms with Gasteiger partial charge in [0.1, 0.15) is 24.2 Å². The van der Waals surface area contributed by atoms with Crippen LogP contribution < -0.4 is 20.7 Å². The molecule has 44 heavy (non-hydrogen) atoms. The maximum absolute atomic E-state index is 13.2. The van der Waals surface area contributed by atoms with Gasteiger partial charge in [0.25, 0.3) is 0 Å². The number of carbonyl (C=O) groups is 2. The van der Waals surface area contributed by atoms with E-state index in [1.807, 2.05) is 85.8 Å². The number of aliphatic carboxylic acids is 1. The predicted octanol–water partition coefficient (Wildman–Crippen LogP) is 5.56. The highest BCUT2D eigenvalue weighted by Crippen LogP contribution is 2.16. The van der Waals surface area contributed by atoms with Crippen LogP contribution in [0.2, 0.25) is 0 Å². The van der Waals surface area contributed by atoms with Gasteiger partial charge in [0.15, 0.2) is 0 Å². The van der Waals surface area contributed by atoms with Gasteiger partial charge in [-0.15, -0.1) is 0 Å². The molecule has 0 aliphatic heterocycles. The minimum absolute atomic E-state index is 0.119. The third-order valence-electron chi connectivity index (χ3n) is 6.13. The Labute approximate surface area is 253 Å². The van der Waals surface area contributed by atoms with Crippen LogP contribution in [0.4, 0.5) is 24.9 Å². The van der Waals surface area contributed by atoms with Crippen LogP contribution in [-0.4, -0.2) is 52.3 Å². The number of hydrogen-bond donors (Lipinski definition) is 4. The Hall–Kier alpha value is -5.13. The first-order valence-electron chi connectivity index (χ1n) is 13.7. The Balaban J connectivity index is 0.000000676. The highest BCUT2D eigenvalue weighted by atomic mass is 19.4. The first-order valence-corrected chi connectivity index (χ1v) is 13.7. The van der Waals surface area contributed by atoms with Gasteiger partial charge < -0.3 is 25.8 Å². The summed E-state index contributed by atoms with van der Waals surface area (Å²) >= 11 is 0. The Morgan fingerprint density at radius 3 is 2.16 bits per heavy atom. The van der Waals surface area contributed by atoms with Crippen LogP contribution in [0.1, 0.15) is 22.4 Å². The number of carboxylic acids is 1. The van der Waals surface area contributed by atoms with Gasteiger partial charge in [0.05, 0.1) is 6.54 Å². The van der Waals surface area contributed by atoms with Crippen molar-refractivity contribution >= 4 is 23.6 Å². The number of nitrogens with one attached hydrogen (secondary N) is 3. The number of anilines is 2. The van der Waals surface area contributed by atoms with E-state index in [0.29, 0.717) is 37.9 Å². The zero-order valence-corrected chi connectivity index (χ0v) is 24.3. The average molecular weight is 610 g/mol. The number of rotatable bonds is 12. The zero-order valence-electron chi connectivity index (χ0n) is 24.3. The number of nitrogens with zero attached hydrogens (tertiary/aromatic N) is 2. The van der Waals surface area contributed by atoms with E-state index in [-0.39, 0.29) is 5.91 Å². The molecule has 9 nitrogen and oxygen atoms in total. The normalized spacial score (nSPS) is 11.4. The summed E-state index contributed by atoms with van der Waals surface area (Å²) in [5, 5.41) is 16.8. The van der Waals surface area contributed by atoms with E-state index in [1.165, 1.54) is 11.1 Å². The Morgan fingerprint density at radius 1 is 0.909 bits per heavy atom. The Morgan fingerprint density at radius 2 is 1.52 bits per heavy atom. The molecule has 0 saturated carbocycles. The zero-order chi connectivity index (χ0) is 32.0. The molecule has 1 heterocycles. The average Bonchev–Trinajstić information content (AvgIpc) is 2.99. The fourth-order valence-electron chi connectivity index (χ4n) is 3.92. The molecule has 4 N–H and O–H groups in total. The number of alkyl halides is 3. The highest BCUT2D eigenvalue weighted by Gasteiger charge is 2.38. The van der Waals surface area contributed by atoms with E-state index < -0.39 is 18.2 Å². The minimum Gasteiger partial charge on any atom is -0.492 e. The summed E-state index contributed by atoms with van der Waals surface area (Å²) in [6.45, 7) is 5.39. The van der Waals surface area contributed by atoms with Crippen molar-refractivity contribution < 1.29 is 32.6 Å². The van der Waals surface area contributed by atoms with E-state index in [4.69, 9.17) is 14.6 Å². The van der Waals surface area contributed by atoms with Crippen molar-refractivity contribution in [3.63, 3.8) is 0 Å². The summed E-state index contributed by atoms with van der Waals surface area (Å²) < 4.78 is 37.4. The molecule has 12 heteroatoms. The molecule has 232 valence electrons. The fourth-order valence-corrected chi connectivity index (χ4v) is 3.92. The molecule has 0 bridgehead atoms. The highest BCUT2D eigenvalue weighted by molar-refractivity contribution is 5.84. The van der Waals surface area contributed by atoms with Gasteiger partial charge in [0, 0.05) is 24.7 Å². The molecule has 0 unspecified atom stereocenters. The van der Waals surface area contributed by atoms with E-state index in [1.54, 1.807) is 0 Å². The molecule has 0 fully saturated rings. The summed E-state index contributed by atoms with van der Waals surface area (Å²) in [5.41, 5.74) is 4.25. The molecule has 1 amide bonds. The molecule has 0 spiro atoms. The summed E-state index contributed by atoms with van der Waals surface area (Å²) in [4.78, 5) is 31.3. The maximum Gasteiger partial charge on any atom is 0.490 e. The molecule has 0 aliphatic rings. The number of benzene rings is 3. The number of carboxylic acid groups (broad SMARTS) is 1. The van der Waals surface area contributed by atoms with Gasteiger partial charge in [-0.2, -0.15) is 18.2 Å². The second kappa shape index (κ2) is 16.5. The second-order valence-electron chi connectivity index (χ2n) is 9.64. The van der Waals surface area contributed by atoms with Crippen molar-refractivity contribution in [3.05, 3.63) is 113 Å². The first kappa shape index (κ1) is 33.4. The minimum atomic E-state index is -5.08. The molecule has 0 saturated heterocycles. The quantitative estimate of drug-likeness (QED) is 0.154. The van der Waals surface area contributed by atoms with Gasteiger partial charge in [-0.25, -0.2) is 9.78 Å². The predicted molar refractivity (Wildman–Crippen MR) is 161 cm³/mol. The van der Waals surface area contributed by atoms with E-state index in [9.17, 15) is 18.0 Å². The van der Waals surface area contributed by atoms with Crippen LogP contribution in [0.3, 0.4) is 0 Å². The van der Waals surface area contributed by atoms with Crippen LogP contribution in [-0.2, 0) is 22.6 Å². The van der Waals surface area contributed by atoms with E-state index in [2.05, 4.69) is 45.0 Å². The molecule has 1 atom stereocenters. The van der Waals surface area contributed by atoms with Gasteiger partial charge in [-0.05, 0) is 42.7 Å². The Kier molecular flexibility index (Phi) is 12.5. The Bertz CT molecular complexity index is 1490. The van der Waals surface area contributed by atoms with Crippen molar-refractivity contribution in [2.45, 2.75) is 39.0 Å². The van der Waals surface area contributed by atoms with Crippen molar-refractivity contribution in [2.75, 3.05) is 23.8 Å². The number of carbonyl (C=O) groups excluding carboxylic acids is 1. The SMILES string of the molecule is Cc1cc(N[C@@H](Cc2ccccc2)C(=O)NCCOc2ccccc2)nc(NCc2ccccc2C)n1.O=C(O)C(F)(F)F. The molecule has 0 radical (unpaired) electrons. The van der Waals surface area contributed by atoms with Gasteiger partial charge in [-0.1, -0.05) is 72.8 Å². The third-order valence-corrected chi connectivity index (χ3v) is 6.13. The molecule has 0 aliphatic carbocycles. The number of ether oxygens (including phenoxy) is 1. The van der Waals surface area contributed by atoms with Gasteiger partial charge in [-0.3, -0.25) is 4.79 Å². The van der Waals surface area contributed by atoms with Gasteiger partial charge in [0.2, 0.25) is 11.9 Å². The van der Waals surface area contributed by atoms with Crippen molar-refractivity contribution in [3.8, 4) is 5.75 Å². The molecule has 1 aromatic heterocycles. The number of para-hydroxylation sites is 1. The number of halogens is 3. The lowest BCUT2D eigenvalue weighted by Crippen LogP contribution is -2.42.